The van der Waals surface area contributed by atoms with Crippen LogP contribution in [0.15, 0.2) is 237 Å². The van der Waals surface area contributed by atoms with Gasteiger partial charge in [0.1, 0.15) is 0 Å². The molecule has 10 aromatic rings. The Kier molecular flexibility index (Phi) is 9.24. The van der Waals surface area contributed by atoms with Gasteiger partial charge in [0.05, 0.1) is 5.69 Å². The Balaban J connectivity index is 1.03. The van der Waals surface area contributed by atoms with Crippen molar-refractivity contribution in [1.29, 1.82) is 0 Å². The van der Waals surface area contributed by atoms with E-state index in [9.17, 15) is 0 Å². The van der Waals surface area contributed by atoms with Gasteiger partial charge < -0.3 is 4.90 Å². The van der Waals surface area contributed by atoms with Gasteiger partial charge in [0.25, 0.3) is 0 Å². The molecule has 0 amide bonds. The summed E-state index contributed by atoms with van der Waals surface area (Å²) in [6, 6.07) is 86.5. The molecule has 11 rings (SSSR count). The Bertz CT molecular complexity index is 3240. The molecule has 0 radical (unpaired) electrons. The first-order valence-electron chi connectivity index (χ1n) is 21.6. The second-order valence-electron chi connectivity index (χ2n) is 16.9. The standard InChI is InChI=1S/C61H45N/c1-61(2)58-31-12-10-26-55(58)57-30-16-29-53(60(57)61)45-35-39-49(40-36-45)62(59-32-13-11-27-56(59)54-25-9-8-24-51(54)43-17-4-3-5-18-43)48-37-33-42(34-38-48)46-21-14-22-47(41-46)52-28-15-20-44-19-6-7-23-50(44)52/h3-41H,1-2H3. The van der Waals surface area contributed by atoms with E-state index in [1.807, 2.05) is 0 Å². The van der Waals surface area contributed by atoms with Crippen LogP contribution >= 0.6 is 0 Å². The number of hydrogen-bond acceptors (Lipinski definition) is 1. The highest BCUT2D eigenvalue weighted by Gasteiger charge is 2.37. The van der Waals surface area contributed by atoms with Crippen LogP contribution in [-0.4, -0.2) is 0 Å². The van der Waals surface area contributed by atoms with Crippen LogP contribution in [0.25, 0.3) is 77.5 Å². The van der Waals surface area contributed by atoms with Crippen LogP contribution in [0, 0.1) is 0 Å². The summed E-state index contributed by atoms with van der Waals surface area (Å²) in [6.07, 6.45) is 0. The van der Waals surface area contributed by atoms with E-state index in [4.69, 9.17) is 0 Å². The van der Waals surface area contributed by atoms with Gasteiger partial charge in [-0.1, -0.05) is 214 Å². The monoisotopic (exact) mass is 791 g/mol. The van der Waals surface area contributed by atoms with Crippen molar-refractivity contribution in [1.82, 2.24) is 0 Å². The molecule has 10 aromatic carbocycles. The second-order valence-corrected chi connectivity index (χ2v) is 16.9. The van der Waals surface area contributed by atoms with Crippen molar-refractivity contribution >= 4 is 27.8 Å². The zero-order valence-corrected chi connectivity index (χ0v) is 35.0. The SMILES string of the molecule is CC1(C)c2ccccc2-c2cccc(-c3ccc(N(c4ccc(-c5cccc(-c6cccc7ccccc67)c5)cc4)c4ccccc4-c4ccccc4-c4ccccc4)cc3)c21. The van der Waals surface area contributed by atoms with Crippen LogP contribution in [0.2, 0.25) is 0 Å². The van der Waals surface area contributed by atoms with Crippen LogP contribution in [0.5, 0.6) is 0 Å². The fourth-order valence-corrected chi connectivity index (χ4v) is 9.94. The molecule has 1 heteroatoms. The van der Waals surface area contributed by atoms with E-state index in [1.54, 1.807) is 0 Å². The van der Waals surface area contributed by atoms with Gasteiger partial charge in [0, 0.05) is 22.4 Å². The normalized spacial score (nSPS) is 12.5. The van der Waals surface area contributed by atoms with E-state index < -0.39 is 0 Å². The fraction of sp³-hybridized carbons (Fsp3) is 0.0492. The second kappa shape index (κ2) is 15.4. The molecule has 62 heavy (non-hydrogen) atoms. The minimum Gasteiger partial charge on any atom is -0.310 e. The van der Waals surface area contributed by atoms with Gasteiger partial charge in [-0.3, -0.25) is 0 Å². The van der Waals surface area contributed by atoms with Crippen LogP contribution in [0.1, 0.15) is 25.0 Å². The molecule has 1 aliphatic rings. The number of anilines is 3. The summed E-state index contributed by atoms with van der Waals surface area (Å²) in [5.41, 5.74) is 20.8. The van der Waals surface area contributed by atoms with Crippen molar-refractivity contribution in [2.75, 3.05) is 4.90 Å². The van der Waals surface area contributed by atoms with E-state index in [2.05, 4.69) is 255 Å². The number of hydrogen-bond donors (Lipinski definition) is 0. The number of para-hydroxylation sites is 1. The highest BCUT2D eigenvalue weighted by molar-refractivity contribution is 5.98. The minimum absolute atomic E-state index is 0.103. The molecule has 0 spiro atoms. The molecular weight excluding hydrogens is 747 g/mol. The van der Waals surface area contributed by atoms with Crippen molar-refractivity contribution in [3.63, 3.8) is 0 Å². The zero-order chi connectivity index (χ0) is 41.6. The molecule has 0 fully saturated rings. The first-order chi connectivity index (χ1) is 30.5. The maximum absolute atomic E-state index is 2.42. The Morgan fingerprint density at radius 2 is 0.806 bits per heavy atom. The van der Waals surface area contributed by atoms with Crippen molar-refractivity contribution in [3.8, 4) is 66.8 Å². The minimum atomic E-state index is -0.103. The molecule has 0 heterocycles. The maximum atomic E-state index is 2.42. The average Bonchev–Trinajstić information content (AvgIpc) is 3.58. The third-order valence-electron chi connectivity index (χ3n) is 12.9. The fourth-order valence-electron chi connectivity index (χ4n) is 9.94. The molecule has 1 aliphatic carbocycles. The third-order valence-corrected chi connectivity index (χ3v) is 12.9. The molecule has 1 nitrogen and oxygen atoms in total. The highest BCUT2D eigenvalue weighted by Crippen LogP contribution is 2.52. The van der Waals surface area contributed by atoms with Gasteiger partial charge in [0.2, 0.25) is 0 Å². The van der Waals surface area contributed by atoms with Gasteiger partial charge in [-0.15, -0.1) is 0 Å². The highest BCUT2D eigenvalue weighted by atomic mass is 15.1. The van der Waals surface area contributed by atoms with Crippen molar-refractivity contribution in [3.05, 3.63) is 248 Å². The number of rotatable bonds is 8. The molecule has 0 aliphatic heterocycles. The maximum Gasteiger partial charge on any atom is 0.0540 e. The summed E-state index contributed by atoms with van der Waals surface area (Å²) in [6.45, 7) is 4.73. The Labute approximate surface area is 364 Å². The third kappa shape index (κ3) is 6.42. The first-order valence-corrected chi connectivity index (χ1v) is 21.6. The quantitative estimate of drug-likeness (QED) is 0.148. The topological polar surface area (TPSA) is 3.24 Å². The lowest BCUT2D eigenvalue weighted by molar-refractivity contribution is 0.662. The van der Waals surface area contributed by atoms with Crippen molar-refractivity contribution in [2.24, 2.45) is 0 Å². The van der Waals surface area contributed by atoms with Crippen LogP contribution in [0.4, 0.5) is 17.1 Å². The summed E-state index contributed by atoms with van der Waals surface area (Å²) < 4.78 is 0. The summed E-state index contributed by atoms with van der Waals surface area (Å²) in [7, 11) is 0. The number of nitrogens with zero attached hydrogens (tertiary/aromatic N) is 1. The molecule has 0 N–H and O–H groups in total. The van der Waals surface area contributed by atoms with Gasteiger partial charge in [-0.25, -0.2) is 0 Å². The predicted molar refractivity (Wildman–Crippen MR) is 263 cm³/mol. The lowest BCUT2D eigenvalue weighted by atomic mass is 9.79. The molecule has 0 saturated carbocycles. The lowest BCUT2D eigenvalue weighted by Gasteiger charge is -2.29. The van der Waals surface area contributed by atoms with Gasteiger partial charge >= 0.3 is 0 Å². The summed E-state index contributed by atoms with van der Waals surface area (Å²) >= 11 is 0. The molecule has 0 bridgehead atoms. The first kappa shape index (κ1) is 37.3. The molecular formula is C61H45N. The summed E-state index contributed by atoms with van der Waals surface area (Å²) in [4.78, 5) is 2.42. The average molecular weight is 792 g/mol. The molecule has 0 saturated heterocycles. The molecule has 0 unspecified atom stereocenters. The van der Waals surface area contributed by atoms with E-state index in [-0.39, 0.29) is 5.41 Å². The van der Waals surface area contributed by atoms with Crippen LogP contribution < -0.4 is 4.90 Å². The van der Waals surface area contributed by atoms with E-state index in [0.717, 1.165) is 17.1 Å². The number of fused-ring (bicyclic) bond motifs is 4. The Morgan fingerprint density at radius 1 is 0.306 bits per heavy atom. The zero-order valence-electron chi connectivity index (χ0n) is 35.0. The molecule has 0 aromatic heterocycles. The number of benzene rings is 10. The largest absolute Gasteiger partial charge is 0.310 e. The Hall–Kier alpha value is -7.74. The van der Waals surface area contributed by atoms with Gasteiger partial charge in [0.15, 0.2) is 0 Å². The van der Waals surface area contributed by atoms with E-state index >= 15 is 0 Å². The smallest absolute Gasteiger partial charge is 0.0540 e. The predicted octanol–water partition coefficient (Wildman–Crippen LogP) is 17.0. The van der Waals surface area contributed by atoms with Gasteiger partial charge in [-0.05, 0) is 119 Å². The van der Waals surface area contributed by atoms with Gasteiger partial charge in [-0.2, -0.15) is 0 Å². The van der Waals surface area contributed by atoms with E-state index in [0.29, 0.717) is 0 Å². The van der Waals surface area contributed by atoms with Crippen LogP contribution in [-0.2, 0) is 5.41 Å². The van der Waals surface area contributed by atoms with Crippen molar-refractivity contribution in [2.45, 2.75) is 19.3 Å². The Morgan fingerprint density at radius 3 is 1.60 bits per heavy atom. The van der Waals surface area contributed by atoms with Crippen molar-refractivity contribution < 1.29 is 0 Å². The van der Waals surface area contributed by atoms with E-state index in [1.165, 1.54) is 88.7 Å². The summed E-state index contributed by atoms with van der Waals surface area (Å²) in [5.74, 6) is 0. The summed E-state index contributed by atoms with van der Waals surface area (Å²) in [5, 5.41) is 2.52. The van der Waals surface area contributed by atoms with Crippen LogP contribution in [0.3, 0.4) is 0 Å². The molecule has 0 atom stereocenters. The lowest BCUT2D eigenvalue weighted by Crippen LogP contribution is -2.16. The molecule has 294 valence electrons.